The molecule has 1 saturated heterocycles. The molecule has 0 saturated carbocycles. The Kier molecular flexibility index (Phi) is 8.71. The number of fused-ring (bicyclic) bond motifs is 1. The Labute approximate surface area is 175 Å². The second-order valence-electron chi connectivity index (χ2n) is 8.21. The van der Waals surface area contributed by atoms with Crippen molar-refractivity contribution in [2.75, 3.05) is 46.4 Å². The number of unbranched alkanes of at least 4 members (excludes halogenated alkanes) is 5. The Morgan fingerprint density at radius 1 is 1.00 bits per heavy atom. The van der Waals surface area contributed by atoms with Gasteiger partial charge in [-0.15, -0.1) is 0 Å². The van der Waals surface area contributed by atoms with Gasteiger partial charge in [-0.05, 0) is 42.8 Å². The topological polar surface area (TPSA) is 48.8 Å². The fourth-order valence-electron chi connectivity index (χ4n) is 4.22. The van der Waals surface area contributed by atoms with Gasteiger partial charge in [0.25, 0.3) is 0 Å². The lowest BCUT2D eigenvalue weighted by atomic mass is 10.0. The highest BCUT2D eigenvalue weighted by Crippen LogP contribution is 2.27. The summed E-state index contributed by atoms with van der Waals surface area (Å²) in [6.07, 6.45) is 9.40. The number of nitrogens with zero attached hydrogens (tertiary/aromatic N) is 3. The van der Waals surface area contributed by atoms with Crippen LogP contribution in [0.2, 0.25) is 0 Å². The summed E-state index contributed by atoms with van der Waals surface area (Å²) in [6, 6.07) is 7.76. The van der Waals surface area contributed by atoms with Crippen molar-refractivity contribution in [3.63, 3.8) is 0 Å². The maximum Gasteiger partial charge on any atom is 0.119 e. The number of hydrogen-bond acceptors (Lipinski definition) is 5. The van der Waals surface area contributed by atoms with Gasteiger partial charge in [-0.1, -0.05) is 39.0 Å². The molecular formula is C24H37N3O2. The number of piperazine rings is 1. The van der Waals surface area contributed by atoms with E-state index < -0.39 is 6.10 Å². The summed E-state index contributed by atoms with van der Waals surface area (Å²) in [6.45, 7) is 8.42. The number of benzene rings is 1. The molecule has 1 N–H and O–H groups in total. The van der Waals surface area contributed by atoms with E-state index in [1.54, 1.807) is 13.3 Å². The summed E-state index contributed by atoms with van der Waals surface area (Å²) in [4.78, 5) is 9.38. The van der Waals surface area contributed by atoms with Crippen LogP contribution >= 0.6 is 0 Å². The average molecular weight is 400 g/mol. The van der Waals surface area contributed by atoms with Crippen LogP contribution in [0.5, 0.6) is 5.75 Å². The lowest BCUT2D eigenvalue weighted by molar-refractivity contribution is 0.0726. The van der Waals surface area contributed by atoms with Crippen LogP contribution in [0.15, 0.2) is 30.5 Å². The number of aromatic nitrogens is 1. The van der Waals surface area contributed by atoms with Crippen molar-refractivity contribution in [2.24, 2.45) is 0 Å². The monoisotopic (exact) mass is 399 g/mol. The summed E-state index contributed by atoms with van der Waals surface area (Å²) in [7, 11) is 1.67. The Morgan fingerprint density at radius 2 is 1.72 bits per heavy atom. The van der Waals surface area contributed by atoms with E-state index in [-0.39, 0.29) is 0 Å². The van der Waals surface area contributed by atoms with Crippen molar-refractivity contribution in [1.82, 2.24) is 14.8 Å². The molecule has 2 aromatic rings. The van der Waals surface area contributed by atoms with E-state index in [0.717, 1.165) is 48.4 Å². The van der Waals surface area contributed by atoms with Crippen molar-refractivity contribution < 1.29 is 9.84 Å². The first-order chi connectivity index (χ1) is 14.2. The van der Waals surface area contributed by atoms with Gasteiger partial charge in [0, 0.05) is 44.3 Å². The number of aliphatic hydroxyl groups excluding tert-OH is 1. The zero-order valence-electron chi connectivity index (χ0n) is 18.1. The van der Waals surface area contributed by atoms with Crippen molar-refractivity contribution >= 4 is 10.9 Å². The molecule has 1 atom stereocenters. The zero-order valence-corrected chi connectivity index (χ0v) is 18.1. The Morgan fingerprint density at radius 3 is 2.48 bits per heavy atom. The zero-order chi connectivity index (χ0) is 20.5. The minimum absolute atomic E-state index is 0.516. The third-order valence-corrected chi connectivity index (χ3v) is 6.07. The Hall–Kier alpha value is -1.69. The predicted octanol–water partition coefficient (Wildman–Crippen LogP) is 4.25. The van der Waals surface area contributed by atoms with Gasteiger partial charge in [-0.25, -0.2) is 0 Å². The highest BCUT2D eigenvalue weighted by molar-refractivity contribution is 5.83. The van der Waals surface area contributed by atoms with Crippen LogP contribution in [0.1, 0.15) is 57.1 Å². The maximum absolute atomic E-state index is 10.9. The number of pyridine rings is 1. The summed E-state index contributed by atoms with van der Waals surface area (Å²) in [5.74, 6) is 0.794. The molecule has 1 fully saturated rings. The third kappa shape index (κ3) is 6.39. The first-order valence-electron chi connectivity index (χ1n) is 11.3. The maximum atomic E-state index is 10.9. The highest BCUT2D eigenvalue weighted by atomic mass is 16.5. The van der Waals surface area contributed by atoms with Crippen LogP contribution in [0.3, 0.4) is 0 Å². The molecule has 29 heavy (non-hydrogen) atoms. The molecule has 0 spiro atoms. The highest BCUT2D eigenvalue weighted by Gasteiger charge is 2.21. The smallest absolute Gasteiger partial charge is 0.119 e. The SMILES string of the molecule is CCCCCCCCN1CCN(C[C@@H](O)c2ccnc3ccc(OC)cc23)CC1. The van der Waals surface area contributed by atoms with Crippen LogP contribution in [0, 0.1) is 0 Å². The molecule has 0 unspecified atom stereocenters. The second-order valence-corrected chi connectivity index (χ2v) is 8.21. The van der Waals surface area contributed by atoms with Gasteiger partial charge in [0.15, 0.2) is 0 Å². The van der Waals surface area contributed by atoms with E-state index in [4.69, 9.17) is 4.74 Å². The van der Waals surface area contributed by atoms with Crippen molar-refractivity contribution in [3.05, 3.63) is 36.0 Å². The molecule has 1 aromatic carbocycles. The first kappa shape index (κ1) is 22.0. The van der Waals surface area contributed by atoms with Gasteiger partial charge < -0.3 is 14.7 Å². The van der Waals surface area contributed by atoms with E-state index in [9.17, 15) is 5.11 Å². The van der Waals surface area contributed by atoms with Gasteiger partial charge >= 0.3 is 0 Å². The minimum Gasteiger partial charge on any atom is -0.497 e. The molecule has 0 bridgehead atoms. The van der Waals surface area contributed by atoms with Crippen molar-refractivity contribution in [2.45, 2.75) is 51.6 Å². The average Bonchev–Trinajstić information content (AvgIpc) is 2.76. The van der Waals surface area contributed by atoms with Gasteiger partial charge in [0.1, 0.15) is 5.75 Å². The fraction of sp³-hybridized carbons (Fsp3) is 0.625. The second kappa shape index (κ2) is 11.5. The number of β-amino-alcohol motifs (C(OH)–C–C–N with tert-alkyl or cyclic N) is 1. The van der Waals surface area contributed by atoms with Gasteiger partial charge in [-0.2, -0.15) is 0 Å². The van der Waals surface area contributed by atoms with Gasteiger partial charge in [0.05, 0.1) is 18.7 Å². The van der Waals surface area contributed by atoms with Crippen molar-refractivity contribution in [3.8, 4) is 5.75 Å². The van der Waals surface area contributed by atoms with Crippen LogP contribution in [-0.2, 0) is 0 Å². The summed E-state index contributed by atoms with van der Waals surface area (Å²) in [5, 5.41) is 11.9. The largest absolute Gasteiger partial charge is 0.497 e. The molecule has 5 heteroatoms. The van der Waals surface area contributed by atoms with Crippen LogP contribution in [-0.4, -0.2) is 66.3 Å². The Bertz CT molecular complexity index is 744. The standard InChI is InChI=1S/C24H37N3O2/c1-3-4-5-6-7-8-13-26-14-16-27(17-15-26)19-24(28)21-11-12-25-23-10-9-20(29-2)18-22(21)23/h9-12,18,24,28H,3-8,13-17,19H2,1-2H3/t24-/m1/s1. The number of ether oxygens (including phenoxy) is 1. The van der Waals surface area contributed by atoms with Crippen LogP contribution in [0.25, 0.3) is 10.9 Å². The molecule has 0 radical (unpaired) electrons. The Balaban J connectivity index is 1.46. The lowest BCUT2D eigenvalue weighted by Gasteiger charge is -2.35. The summed E-state index contributed by atoms with van der Waals surface area (Å²) in [5.41, 5.74) is 1.83. The molecule has 1 aliphatic heterocycles. The minimum atomic E-state index is -0.516. The van der Waals surface area contributed by atoms with E-state index in [0.29, 0.717) is 6.54 Å². The molecular weight excluding hydrogens is 362 g/mol. The molecule has 1 aromatic heterocycles. The lowest BCUT2D eigenvalue weighted by Crippen LogP contribution is -2.47. The first-order valence-corrected chi connectivity index (χ1v) is 11.3. The van der Waals surface area contributed by atoms with E-state index in [1.165, 1.54) is 45.1 Å². The number of rotatable bonds is 11. The molecule has 2 heterocycles. The molecule has 5 nitrogen and oxygen atoms in total. The van der Waals surface area contributed by atoms with Gasteiger partial charge in [-0.3, -0.25) is 9.88 Å². The van der Waals surface area contributed by atoms with Crippen LogP contribution in [0.4, 0.5) is 0 Å². The molecule has 160 valence electrons. The van der Waals surface area contributed by atoms with E-state index in [2.05, 4.69) is 21.7 Å². The number of aliphatic hydroxyl groups is 1. The third-order valence-electron chi connectivity index (χ3n) is 6.07. The fourth-order valence-corrected chi connectivity index (χ4v) is 4.22. The molecule has 3 rings (SSSR count). The predicted molar refractivity (Wildman–Crippen MR) is 120 cm³/mol. The molecule has 0 amide bonds. The van der Waals surface area contributed by atoms with Gasteiger partial charge in [0.2, 0.25) is 0 Å². The summed E-state index contributed by atoms with van der Waals surface area (Å²) < 4.78 is 5.35. The van der Waals surface area contributed by atoms with E-state index in [1.807, 2.05) is 24.3 Å². The summed E-state index contributed by atoms with van der Waals surface area (Å²) >= 11 is 0. The van der Waals surface area contributed by atoms with Crippen LogP contribution < -0.4 is 4.74 Å². The van der Waals surface area contributed by atoms with E-state index >= 15 is 0 Å². The number of methoxy groups -OCH3 is 1. The van der Waals surface area contributed by atoms with Crippen molar-refractivity contribution in [1.29, 1.82) is 0 Å². The quantitative estimate of drug-likeness (QED) is 0.572. The normalized spacial score (nSPS) is 16.9. The molecule has 0 aliphatic carbocycles. The number of hydrogen-bond donors (Lipinski definition) is 1. The molecule has 1 aliphatic rings.